The van der Waals surface area contributed by atoms with E-state index in [0.717, 1.165) is 51.8 Å². The molecular weight excluding hydrogens is 464 g/mol. The van der Waals surface area contributed by atoms with Gasteiger partial charge in [0.25, 0.3) is 5.91 Å². The summed E-state index contributed by atoms with van der Waals surface area (Å²) in [6, 6.07) is 6.69. The molecule has 6 heteroatoms. The highest BCUT2D eigenvalue weighted by Gasteiger charge is 2.26. The van der Waals surface area contributed by atoms with Gasteiger partial charge in [-0.3, -0.25) is 9.78 Å². The van der Waals surface area contributed by atoms with Crippen molar-refractivity contribution < 1.29 is 4.79 Å². The molecular formula is C30H38N4OS. The number of aromatic nitrogens is 3. The molecule has 36 heavy (non-hydrogen) atoms. The molecule has 0 radical (unpaired) electrons. The Balaban J connectivity index is 1.42. The zero-order chi connectivity index (χ0) is 24.9. The summed E-state index contributed by atoms with van der Waals surface area (Å²) < 4.78 is 2.42. The third kappa shape index (κ3) is 5.49. The fourth-order valence-corrected chi connectivity index (χ4v) is 6.56. The Kier molecular flexibility index (Phi) is 8.00. The van der Waals surface area contributed by atoms with Crippen molar-refractivity contribution in [3.05, 3.63) is 58.4 Å². The monoisotopic (exact) mass is 502 g/mol. The van der Waals surface area contributed by atoms with Crippen LogP contribution in [-0.4, -0.2) is 27.0 Å². The molecule has 2 aliphatic rings. The van der Waals surface area contributed by atoms with E-state index in [1.807, 2.05) is 12.3 Å². The van der Waals surface area contributed by atoms with Crippen molar-refractivity contribution >= 4 is 17.2 Å². The van der Waals surface area contributed by atoms with Crippen LogP contribution in [0.2, 0.25) is 0 Å². The van der Waals surface area contributed by atoms with Crippen LogP contribution in [-0.2, 0) is 6.42 Å². The van der Waals surface area contributed by atoms with E-state index in [9.17, 15) is 4.79 Å². The molecule has 0 saturated heterocycles. The number of thiazole rings is 1. The van der Waals surface area contributed by atoms with Crippen LogP contribution in [0.4, 0.5) is 0 Å². The number of amides is 1. The smallest absolute Gasteiger partial charge is 0.253 e. The van der Waals surface area contributed by atoms with E-state index in [2.05, 4.69) is 52.3 Å². The maximum atomic E-state index is 13.3. The van der Waals surface area contributed by atoms with Crippen molar-refractivity contribution in [3.8, 4) is 22.0 Å². The topological polar surface area (TPSA) is 59.8 Å². The van der Waals surface area contributed by atoms with Crippen LogP contribution in [0.3, 0.4) is 0 Å². The largest absolute Gasteiger partial charge is 0.352 e. The van der Waals surface area contributed by atoms with E-state index >= 15 is 0 Å². The molecule has 3 aromatic heterocycles. The van der Waals surface area contributed by atoms with Crippen LogP contribution in [0.25, 0.3) is 22.0 Å². The van der Waals surface area contributed by atoms with Crippen molar-refractivity contribution in [2.24, 2.45) is 0 Å². The molecule has 190 valence electrons. The van der Waals surface area contributed by atoms with Gasteiger partial charge in [0.15, 0.2) is 0 Å². The van der Waals surface area contributed by atoms with Gasteiger partial charge in [-0.1, -0.05) is 37.8 Å². The van der Waals surface area contributed by atoms with Gasteiger partial charge in [0.1, 0.15) is 5.01 Å². The number of hydrogen-bond donors (Lipinski definition) is 1. The quantitative estimate of drug-likeness (QED) is 0.322. The standard InChI is InChI=1S/C30H38N4OS/c1-3-24-18-23(15-17-31-24)30-33-27(20-36-30)28-19-26(21(2)34(28)25-12-8-5-9-13-25)29(35)32-16-14-22-10-6-4-7-11-22/h10,15,17-20,25H,3-9,11-14,16H2,1-2H3,(H,32,35). The van der Waals surface area contributed by atoms with Crippen LogP contribution in [0.5, 0.6) is 0 Å². The number of carbonyl (C=O) groups is 1. The molecule has 0 bridgehead atoms. The van der Waals surface area contributed by atoms with Crippen molar-refractivity contribution in [1.82, 2.24) is 19.9 Å². The number of rotatable bonds is 8. The lowest BCUT2D eigenvalue weighted by molar-refractivity contribution is 0.0953. The molecule has 0 aliphatic heterocycles. The van der Waals surface area contributed by atoms with Gasteiger partial charge in [-0.25, -0.2) is 4.98 Å². The van der Waals surface area contributed by atoms with Gasteiger partial charge in [0, 0.05) is 41.1 Å². The highest BCUT2D eigenvalue weighted by molar-refractivity contribution is 7.13. The molecule has 5 rings (SSSR count). The molecule has 1 N–H and O–H groups in total. The lowest BCUT2D eigenvalue weighted by Crippen LogP contribution is -2.25. The molecule has 1 saturated carbocycles. The summed E-state index contributed by atoms with van der Waals surface area (Å²) in [5.74, 6) is 0.0388. The second kappa shape index (κ2) is 11.5. The summed E-state index contributed by atoms with van der Waals surface area (Å²) >= 11 is 1.67. The molecule has 2 aliphatic carbocycles. The zero-order valence-corrected chi connectivity index (χ0v) is 22.5. The molecule has 3 heterocycles. The first-order chi connectivity index (χ1) is 17.6. The second-order valence-electron chi connectivity index (χ2n) is 10.2. The zero-order valence-electron chi connectivity index (χ0n) is 21.7. The Hall–Kier alpha value is -2.73. The van der Waals surface area contributed by atoms with Crippen molar-refractivity contribution in [2.45, 2.75) is 90.5 Å². The van der Waals surface area contributed by atoms with E-state index in [4.69, 9.17) is 4.98 Å². The number of carbonyl (C=O) groups excluding carboxylic acids is 1. The van der Waals surface area contributed by atoms with Crippen LogP contribution >= 0.6 is 11.3 Å². The average Bonchev–Trinajstić information content (AvgIpc) is 3.55. The third-order valence-electron chi connectivity index (χ3n) is 7.79. The maximum Gasteiger partial charge on any atom is 0.253 e. The van der Waals surface area contributed by atoms with E-state index < -0.39 is 0 Å². The first-order valence-electron chi connectivity index (χ1n) is 13.7. The Morgan fingerprint density at radius 2 is 2.03 bits per heavy atom. The van der Waals surface area contributed by atoms with Gasteiger partial charge in [-0.05, 0) is 76.5 Å². The molecule has 0 unspecified atom stereocenters. The van der Waals surface area contributed by atoms with Crippen molar-refractivity contribution in [1.29, 1.82) is 0 Å². The van der Waals surface area contributed by atoms with Gasteiger partial charge in [0.05, 0.1) is 17.0 Å². The summed E-state index contributed by atoms with van der Waals surface area (Å²) in [6.45, 7) is 4.94. The Morgan fingerprint density at radius 1 is 1.17 bits per heavy atom. The minimum Gasteiger partial charge on any atom is -0.352 e. The van der Waals surface area contributed by atoms with Crippen molar-refractivity contribution in [2.75, 3.05) is 6.54 Å². The van der Waals surface area contributed by atoms with E-state index in [1.54, 1.807) is 11.3 Å². The van der Waals surface area contributed by atoms with Crippen LogP contribution in [0.15, 0.2) is 41.4 Å². The molecule has 0 spiro atoms. The highest BCUT2D eigenvalue weighted by atomic mass is 32.1. The first-order valence-corrected chi connectivity index (χ1v) is 14.6. The Bertz CT molecular complexity index is 1230. The molecule has 5 nitrogen and oxygen atoms in total. The van der Waals surface area contributed by atoms with Crippen molar-refractivity contribution in [3.63, 3.8) is 0 Å². The van der Waals surface area contributed by atoms with E-state index in [1.165, 1.54) is 63.4 Å². The predicted octanol–water partition coefficient (Wildman–Crippen LogP) is 7.67. The lowest BCUT2D eigenvalue weighted by Gasteiger charge is -2.27. The third-order valence-corrected chi connectivity index (χ3v) is 8.68. The van der Waals surface area contributed by atoms with Gasteiger partial charge in [-0.2, -0.15) is 0 Å². The lowest BCUT2D eigenvalue weighted by atomic mass is 9.95. The summed E-state index contributed by atoms with van der Waals surface area (Å²) in [4.78, 5) is 22.8. The number of nitrogens with zero attached hydrogens (tertiary/aromatic N) is 3. The average molecular weight is 503 g/mol. The minimum atomic E-state index is 0.0388. The number of pyridine rings is 1. The van der Waals surface area contributed by atoms with Crippen LogP contribution < -0.4 is 5.32 Å². The summed E-state index contributed by atoms with van der Waals surface area (Å²) in [6.07, 6.45) is 17.2. The Labute approximate surface area is 219 Å². The molecule has 1 amide bonds. The van der Waals surface area contributed by atoms with Crippen LogP contribution in [0, 0.1) is 6.92 Å². The number of hydrogen-bond acceptors (Lipinski definition) is 4. The van der Waals surface area contributed by atoms with Gasteiger partial charge in [0.2, 0.25) is 0 Å². The normalized spacial score (nSPS) is 16.7. The SMILES string of the molecule is CCc1cc(-c2nc(-c3cc(C(=O)NCCC4=CCCCC4)c(C)n3C3CCCCC3)cs2)ccn1. The van der Waals surface area contributed by atoms with E-state index in [-0.39, 0.29) is 5.91 Å². The maximum absolute atomic E-state index is 13.3. The highest BCUT2D eigenvalue weighted by Crippen LogP contribution is 2.38. The molecule has 0 atom stereocenters. The summed E-state index contributed by atoms with van der Waals surface area (Å²) in [7, 11) is 0. The van der Waals surface area contributed by atoms with Gasteiger partial charge >= 0.3 is 0 Å². The van der Waals surface area contributed by atoms with Gasteiger partial charge < -0.3 is 9.88 Å². The number of nitrogens with one attached hydrogen (secondary N) is 1. The minimum absolute atomic E-state index is 0.0388. The fourth-order valence-electron chi connectivity index (χ4n) is 5.75. The summed E-state index contributed by atoms with van der Waals surface area (Å²) in [5, 5.41) is 6.36. The fraction of sp³-hybridized carbons (Fsp3) is 0.500. The molecule has 0 aromatic carbocycles. The first kappa shape index (κ1) is 24.9. The number of aryl methyl sites for hydroxylation is 1. The predicted molar refractivity (Wildman–Crippen MR) is 149 cm³/mol. The van der Waals surface area contributed by atoms with Gasteiger partial charge in [-0.15, -0.1) is 11.3 Å². The molecule has 1 fully saturated rings. The van der Waals surface area contributed by atoms with Crippen LogP contribution in [0.1, 0.15) is 98.9 Å². The molecule has 3 aromatic rings. The second-order valence-corrected chi connectivity index (χ2v) is 11.1. The number of allylic oxidation sites excluding steroid dienone is 1. The summed E-state index contributed by atoms with van der Waals surface area (Å²) in [5.41, 5.74) is 7.58. The Morgan fingerprint density at radius 3 is 2.81 bits per heavy atom. The van der Waals surface area contributed by atoms with E-state index in [0.29, 0.717) is 12.6 Å².